The predicted octanol–water partition coefficient (Wildman–Crippen LogP) is 11.3. The molecular weight excluding hydrogens is 815 g/mol. The van der Waals surface area contributed by atoms with Gasteiger partial charge in [0.2, 0.25) is 0 Å². The number of carbonyl (C=O) groups is 2. The highest BCUT2D eigenvalue weighted by Crippen LogP contribution is 2.40. The quantitative estimate of drug-likeness (QED) is 0.105. The van der Waals surface area contributed by atoms with Crippen LogP contribution in [0.4, 0.5) is 8.78 Å². The van der Waals surface area contributed by atoms with E-state index in [-0.39, 0.29) is 22.8 Å². The van der Waals surface area contributed by atoms with Crippen molar-refractivity contribution in [3.63, 3.8) is 0 Å². The summed E-state index contributed by atoms with van der Waals surface area (Å²) < 4.78 is 50.7. The van der Waals surface area contributed by atoms with Crippen molar-refractivity contribution in [3.05, 3.63) is 194 Å². The summed E-state index contributed by atoms with van der Waals surface area (Å²) in [6.45, 7) is 0. The lowest BCUT2D eigenvalue weighted by Gasteiger charge is -2.15. The van der Waals surface area contributed by atoms with Gasteiger partial charge in [-0.2, -0.15) is 0 Å². The fraction of sp³-hybridized carbons (Fsp3) is 0.222. The molecule has 0 amide bonds. The highest BCUT2D eigenvalue weighted by molar-refractivity contribution is 5.89. The third-order valence-corrected chi connectivity index (χ3v) is 11.8. The molecule has 2 N–H and O–H groups in total. The molecule has 6 aromatic rings. The Hall–Kier alpha value is -7.20. The average molecular weight is 865 g/mol. The number of methoxy groups -OCH3 is 4. The molecule has 0 bridgehead atoms. The van der Waals surface area contributed by atoms with Crippen LogP contribution in [0.5, 0.6) is 23.0 Å². The standard InChI is InChI=1S/2C27H25FO4/c2*1-31-22-14-18(15-23(16-22)32-2)13-21-9-11-24-25(28)12-10-19(26(21)24)6-3-17-4-7-20(8-5-17)27(29)30/h4-5,7-8,10,12-16H,3,6,9,11H2,1-2H3,(H,29,30);4-5,7-10,12,14-16H,3,6,11,13H2,1-2H3,(H,29,30)/b21-13+;. The molecule has 0 saturated heterocycles. The lowest BCUT2D eigenvalue weighted by molar-refractivity contribution is 0.0686. The Kier molecular flexibility index (Phi) is 14.2. The zero-order valence-electron chi connectivity index (χ0n) is 36.3. The molecule has 328 valence electrons. The molecule has 6 aromatic carbocycles. The van der Waals surface area contributed by atoms with Gasteiger partial charge in [0.15, 0.2) is 0 Å². The second kappa shape index (κ2) is 20.3. The zero-order valence-corrected chi connectivity index (χ0v) is 36.3. The topological polar surface area (TPSA) is 112 Å². The van der Waals surface area contributed by atoms with Crippen LogP contribution in [0, 0.1) is 11.6 Å². The Labute approximate surface area is 372 Å². The van der Waals surface area contributed by atoms with E-state index in [4.69, 9.17) is 29.2 Å². The molecule has 0 aliphatic heterocycles. The number of allylic oxidation sites excluding steroid dienone is 3. The Morgan fingerprint density at radius 3 is 1.50 bits per heavy atom. The van der Waals surface area contributed by atoms with Gasteiger partial charge in [0.05, 0.1) is 39.6 Å². The molecule has 0 heterocycles. The molecular formula is C54H50F2O8. The average Bonchev–Trinajstić information content (AvgIpc) is 3.94. The van der Waals surface area contributed by atoms with Gasteiger partial charge >= 0.3 is 11.9 Å². The van der Waals surface area contributed by atoms with Crippen LogP contribution in [0.1, 0.15) is 82.8 Å². The van der Waals surface area contributed by atoms with Gasteiger partial charge in [-0.15, -0.1) is 0 Å². The third-order valence-electron chi connectivity index (χ3n) is 11.8. The second-order valence-electron chi connectivity index (χ2n) is 15.8. The molecule has 0 atom stereocenters. The number of ether oxygens (including phenoxy) is 4. The maximum atomic E-state index is 14.6. The number of hydrogen-bond donors (Lipinski definition) is 2. The van der Waals surface area contributed by atoms with Gasteiger partial charge in [0.1, 0.15) is 34.6 Å². The SMILES string of the molecule is COc1cc(/C=C2\CCc3c(F)ccc(CCc4ccc(C(=O)O)cc4)c32)cc(OC)c1.COc1cc(CC2=CCc3c(F)ccc(CCc4ccc(C(=O)O)cc4)c32)cc(OC)c1. The van der Waals surface area contributed by atoms with Gasteiger partial charge in [-0.3, -0.25) is 0 Å². The van der Waals surface area contributed by atoms with Crippen molar-refractivity contribution in [2.75, 3.05) is 28.4 Å². The normalized spacial score (nSPS) is 13.0. The number of halogens is 2. The van der Waals surface area contributed by atoms with Crippen molar-refractivity contribution in [2.24, 2.45) is 0 Å². The van der Waals surface area contributed by atoms with Crippen LogP contribution >= 0.6 is 0 Å². The number of carboxylic acid groups (broad SMARTS) is 2. The van der Waals surface area contributed by atoms with E-state index < -0.39 is 11.9 Å². The molecule has 10 heteroatoms. The first-order chi connectivity index (χ1) is 31.0. The van der Waals surface area contributed by atoms with Gasteiger partial charge in [-0.1, -0.05) is 48.6 Å². The second-order valence-corrected chi connectivity index (χ2v) is 15.8. The molecule has 8 nitrogen and oxygen atoms in total. The van der Waals surface area contributed by atoms with Crippen LogP contribution < -0.4 is 18.9 Å². The lowest BCUT2D eigenvalue weighted by Crippen LogP contribution is -2.02. The summed E-state index contributed by atoms with van der Waals surface area (Å²) in [5.41, 5.74) is 12.5. The first-order valence-electron chi connectivity index (χ1n) is 21.1. The maximum Gasteiger partial charge on any atom is 0.335 e. The van der Waals surface area contributed by atoms with E-state index in [9.17, 15) is 18.4 Å². The van der Waals surface area contributed by atoms with E-state index in [1.807, 2.05) is 72.8 Å². The summed E-state index contributed by atoms with van der Waals surface area (Å²) in [4.78, 5) is 22.1. The van der Waals surface area contributed by atoms with Crippen molar-refractivity contribution in [2.45, 2.75) is 51.4 Å². The molecule has 64 heavy (non-hydrogen) atoms. The van der Waals surface area contributed by atoms with Crippen LogP contribution in [0.25, 0.3) is 17.2 Å². The van der Waals surface area contributed by atoms with Crippen molar-refractivity contribution in [1.29, 1.82) is 0 Å². The number of aromatic carboxylic acids is 2. The molecule has 2 aliphatic carbocycles. The number of fused-ring (bicyclic) bond motifs is 2. The first-order valence-corrected chi connectivity index (χ1v) is 21.1. The van der Waals surface area contributed by atoms with Crippen LogP contribution in [0.3, 0.4) is 0 Å². The molecule has 2 aliphatic rings. The lowest BCUT2D eigenvalue weighted by atomic mass is 9.91. The van der Waals surface area contributed by atoms with Gasteiger partial charge in [0.25, 0.3) is 0 Å². The molecule has 0 fully saturated rings. The van der Waals surface area contributed by atoms with Gasteiger partial charge in [-0.25, -0.2) is 18.4 Å². The maximum absolute atomic E-state index is 14.6. The fourth-order valence-electron chi connectivity index (χ4n) is 8.51. The Morgan fingerprint density at radius 1 is 0.547 bits per heavy atom. The highest BCUT2D eigenvalue weighted by atomic mass is 19.1. The monoisotopic (exact) mass is 864 g/mol. The van der Waals surface area contributed by atoms with E-state index in [1.165, 1.54) is 0 Å². The number of carboxylic acids is 2. The van der Waals surface area contributed by atoms with Crippen LogP contribution in [0.15, 0.2) is 115 Å². The fourth-order valence-corrected chi connectivity index (χ4v) is 8.51. The van der Waals surface area contributed by atoms with Crippen molar-refractivity contribution < 1.29 is 47.5 Å². The molecule has 0 radical (unpaired) electrons. The molecule has 0 spiro atoms. The van der Waals surface area contributed by atoms with E-state index in [1.54, 1.807) is 64.8 Å². The highest BCUT2D eigenvalue weighted by Gasteiger charge is 2.24. The Morgan fingerprint density at radius 2 is 1.02 bits per heavy atom. The van der Waals surface area contributed by atoms with Gasteiger partial charge in [0, 0.05) is 12.1 Å². The summed E-state index contributed by atoms with van der Waals surface area (Å²) in [5, 5.41) is 18.1. The van der Waals surface area contributed by atoms with Crippen LogP contribution in [-0.4, -0.2) is 50.6 Å². The minimum absolute atomic E-state index is 0.166. The molecule has 0 unspecified atom stereocenters. The van der Waals surface area contributed by atoms with E-state index >= 15 is 0 Å². The Balaban J connectivity index is 0.000000191. The molecule has 8 rings (SSSR count). The molecule has 0 aromatic heterocycles. The number of aryl methyl sites for hydroxylation is 4. The number of rotatable bonds is 15. The zero-order chi connectivity index (χ0) is 45.3. The number of benzene rings is 6. The van der Waals surface area contributed by atoms with Crippen LogP contribution in [0.2, 0.25) is 0 Å². The summed E-state index contributed by atoms with van der Waals surface area (Å²) >= 11 is 0. The molecule has 0 saturated carbocycles. The van der Waals surface area contributed by atoms with Gasteiger partial charge in [-0.05, 0) is 179 Å². The first kappa shape index (κ1) is 44.8. The summed E-state index contributed by atoms with van der Waals surface area (Å²) in [5.74, 6) is 0.654. The summed E-state index contributed by atoms with van der Waals surface area (Å²) in [6, 6.07) is 32.2. The summed E-state index contributed by atoms with van der Waals surface area (Å²) in [6.07, 6.45) is 9.86. The van der Waals surface area contributed by atoms with Crippen molar-refractivity contribution in [1.82, 2.24) is 0 Å². The third kappa shape index (κ3) is 10.5. The number of hydrogen-bond acceptors (Lipinski definition) is 6. The Bertz CT molecular complexity index is 2690. The van der Waals surface area contributed by atoms with E-state index in [2.05, 4.69) is 12.2 Å². The predicted molar refractivity (Wildman–Crippen MR) is 245 cm³/mol. The van der Waals surface area contributed by atoms with E-state index in [0.29, 0.717) is 30.8 Å². The van der Waals surface area contributed by atoms with Crippen LogP contribution in [-0.2, 0) is 44.9 Å². The minimum atomic E-state index is -0.933. The van der Waals surface area contributed by atoms with Gasteiger partial charge < -0.3 is 29.2 Å². The minimum Gasteiger partial charge on any atom is -0.497 e. The van der Waals surface area contributed by atoms with E-state index in [0.717, 1.165) is 110 Å². The largest absolute Gasteiger partial charge is 0.497 e. The van der Waals surface area contributed by atoms with Crippen molar-refractivity contribution >= 4 is 29.2 Å². The van der Waals surface area contributed by atoms with Crippen molar-refractivity contribution in [3.8, 4) is 23.0 Å². The smallest absolute Gasteiger partial charge is 0.335 e. The summed E-state index contributed by atoms with van der Waals surface area (Å²) in [7, 11) is 6.48.